The molecule has 19 heavy (non-hydrogen) atoms. The molecule has 96 valence electrons. The number of imidazole rings is 1. The number of hydrogen-bond donors (Lipinski definition) is 1. The average Bonchev–Trinajstić information content (AvgIpc) is 2.68. The van der Waals surface area contributed by atoms with Gasteiger partial charge in [-0.1, -0.05) is 11.6 Å². The maximum absolute atomic E-state index is 13.5. The SMILES string of the molecule is Fc1ccc2[nH]c(=S)n(-c3ccc(Cl)c(F)c3)c2c1. The van der Waals surface area contributed by atoms with E-state index < -0.39 is 5.82 Å². The van der Waals surface area contributed by atoms with Crippen LogP contribution < -0.4 is 0 Å². The van der Waals surface area contributed by atoms with Crippen molar-refractivity contribution >= 4 is 34.9 Å². The maximum atomic E-state index is 13.5. The van der Waals surface area contributed by atoms with Crippen LogP contribution in [0.4, 0.5) is 8.78 Å². The summed E-state index contributed by atoms with van der Waals surface area (Å²) in [5.74, 6) is -0.934. The second-order valence-corrected chi connectivity index (χ2v) is 4.82. The Kier molecular flexibility index (Phi) is 2.88. The van der Waals surface area contributed by atoms with E-state index in [-0.39, 0.29) is 10.8 Å². The number of benzene rings is 2. The van der Waals surface area contributed by atoms with Crippen molar-refractivity contribution in [1.29, 1.82) is 0 Å². The first-order valence-electron chi connectivity index (χ1n) is 5.42. The van der Waals surface area contributed by atoms with Gasteiger partial charge in [0, 0.05) is 6.07 Å². The van der Waals surface area contributed by atoms with Crippen LogP contribution in [0, 0.1) is 16.4 Å². The van der Waals surface area contributed by atoms with Gasteiger partial charge in [0.15, 0.2) is 4.77 Å². The van der Waals surface area contributed by atoms with E-state index >= 15 is 0 Å². The molecule has 0 spiro atoms. The Morgan fingerprint density at radius 1 is 1.11 bits per heavy atom. The van der Waals surface area contributed by atoms with E-state index in [2.05, 4.69) is 4.98 Å². The van der Waals surface area contributed by atoms with Crippen LogP contribution in [0.5, 0.6) is 0 Å². The number of nitrogens with one attached hydrogen (secondary N) is 1. The minimum atomic E-state index is -0.549. The predicted octanol–water partition coefficient (Wildman–Crippen LogP) is 4.62. The van der Waals surface area contributed by atoms with Crippen molar-refractivity contribution in [3.8, 4) is 5.69 Å². The van der Waals surface area contributed by atoms with Crippen LogP contribution in [0.25, 0.3) is 16.7 Å². The number of rotatable bonds is 1. The third-order valence-electron chi connectivity index (χ3n) is 2.81. The van der Waals surface area contributed by atoms with E-state index in [4.69, 9.17) is 23.8 Å². The predicted molar refractivity (Wildman–Crippen MR) is 73.4 cm³/mol. The molecule has 2 aromatic carbocycles. The highest BCUT2D eigenvalue weighted by molar-refractivity contribution is 7.71. The zero-order valence-corrected chi connectivity index (χ0v) is 11.0. The molecule has 0 fully saturated rings. The van der Waals surface area contributed by atoms with Crippen LogP contribution in [-0.2, 0) is 0 Å². The Morgan fingerprint density at radius 2 is 1.89 bits per heavy atom. The molecule has 6 heteroatoms. The standard InChI is InChI=1S/C13H7ClF2N2S/c14-9-3-2-8(6-10(9)16)18-12-5-7(15)1-4-11(12)17-13(18)19/h1-6H,(H,17,19). The molecule has 1 aromatic heterocycles. The summed E-state index contributed by atoms with van der Waals surface area (Å²) < 4.78 is 28.8. The Balaban J connectivity index is 2.35. The summed E-state index contributed by atoms with van der Waals surface area (Å²) in [5.41, 5.74) is 1.72. The first-order chi connectivity index (χ1) is 9.06. The first-order valence-corrected chi connectivity index (χ1v) is 6.20. The van der Waals surface area contributed by atoms with Crippen LogP contribution in [0.3, 0.4) is 0 Å². The molecule has 1 N–H and O–H groups in total. The fourth-order valence-corrected chi connectivity index (χ4v) is 2.39. The molecule has 0 aliphatic rings. The van der Waals surface area contributed by atoms with Crippen LogP contribution in [-0.4, -0.2) is 9.55 Å². The van der Waals surface area contributed by atoms with Crippen molar-refractivity contribution in [2.24, 2.45) is 0 Å². The molecule has 0 atom stereocenters. The van der Waals surface area contributed by atoms with Crippen molar-refractivity contribution in [2.75, 3.05) is 0 Å². The van der Waals surface area contributed by atoms with Gasteiger partial charge in [0.25, 0.3) is 0 Å². The number of aromatic nitrogens is 2. The average molecular weight is 297 g/mol. The van der Waals surface area contributed by atoms with Crippen molar-refractivity contribution in [3.05, 3.63) is 57.8 Å². The van der Waals surface area contributed by atoms with Gasteiger partial charge in [0.2, 0.25) is 0 Å². The van der Waals surface area contributed by atoms with Gasteiger partial charge in [0.1, 0.15) is 11.6 Å². The van der Waals surface area contributed by atoms with Gasteiger partial charge in [-0.05, 0) is 42.5 Å². The number of nitrogens with zero attached hydrogens (tertiary/aromatic N) is 1. The summed E-state index contributed by atoms with van der Waals surface area (Å²) >= 11 is 10.8. The molecule has 3 aromatic rings. The molecule has 0 aliphatic heterocycles. The lowest BCUT2D eigenvalue weighted by Crippen LogP contribution is -1.95. The lowest BCUT2D eigenvalue weighted by atomic mass is 10.2. The van der Waals surface area contributed by atoms with E-state index in [1.165, 1.54) is 24.3 Å². The quantitative estimate of drug-likeness (QED) is 0.650. The van der Waals surface area contributed by atoms with Crippen LogP contribution >= 0.6 is 23.8 Å². The van der Waals surface area contributed by atoms with E-state index in [1.807, 2.05) is 0 Å². The molecular weight excluding hydrogens is 290 g/mol. The number of halogens is 3. The van der Waals surface area contributed by atoms with Crippen LogP contribution in [0.1, 0.15) is 0 Å². The van der Waals surface area contributed by atoms with Crippen molar-refractivity contribution in [2.45, 2.75) is 0 Å². The fourth-order valence-electron chi connectivity index (χ4n) is 1.96. The highest BCUT2D eigenvalue weighted by Crippen LogP contribution is 2.23. The molecular formula is C13H7ClF2N2S. The van der Waals surface area contributed by atoms with E-state index in [0.717, 1.165) is 0 Å². The maximum Gasteiger partial charge on any atom is 0.182 e. The van der Waals surface area contributed by atoms with Crippen molar-refractivity contribution in [1.82, 2.24) is 9.55 Å². The first kappa shape index (κ1) is 12.3. The minimum Gasteiger partial charge on any atom is -0.330 e. The highest BCUT2D eigenvalue weighted by Gasteiger charge is 2.09. The second kappa shape index (κ2) is 4.43. The highest BCUT2D eigenvalue weighted by atomic mass is 35.5. The Labute approximate surface area is 117 Å². The topological polar surface area (TPSA) is 20.7 Å². The van der Waals surface area contributed by atoms with Gasteiger partial charge in [-0.25, -0.2) is 8.78 Å². The molecule has 0 radical (unpaired) electrons. The lowest BCUT2D eigenvalue weighted by Gasteiger charge is -2.05. The monoisotopic (exact) mass is 296 g/mol. The third kappa shape index (κ3) is 2.05. The number of H-pyrrole nitrogens is 1. The normalized spacial score (nSPS) is 11.1. The summed E-state index contributed by atoms with van der Waals surface area (Å²) in [6, 6.07) is 8.58. The van der Waals surface area contributed by atoms with E-state index in [0.29, 0.717) is 21.5 Å². The minimum absolute atomic E-state index is 0.0290. The Hall–Kier alpha value is -1.72. The molecule has 1 heterocycles. The smallest absolute Gasteiger partial charge is 0.182 e. The largest absolute Gasteiger partial charge is 0.330 e. The molecule has 0 bridgehead atoms. The van der Waals surface area contributed by atoms with Crippen LogP contribution in [0.15, 0.2) is 36.4 Å². The Bertz CT molecular complexity index is 838. The van der Waals surface area contributed by atoms with Gasteiger partial charge in [-0.3, -0.25) is 4.57 Å². The summed E-state index contributed by atoms with van der Waals surface area (Å²) in [4.78, 5) is 2.94. The number of fused-ring (bicyclic) bond motifs is 1. The Morgan fingerprint density at radius 3 is 2.63 bits per heavy atom. The van der Waals surface area contributed by atoms with Crippen molar-refractivity contribution in [3.63, 3.8) is 0 Å². The summed E-state index contributed by atoms with van der Waals surface area (Å²) in [6.45, 7) is 0. The van der Waals surface area contributed by atoms with Gasteiger partial charge in [-0.15, -0.1) is 0 Å². The zero-order valence-electron chi connectivity index (χ0n) is 9.45. The lowest BCUT2D eigenvalue weighted by molar-refractivity contribution is 0.626. The van der Waals surface area contributed by atoms with Crippen molar-refractivity contribution < 1.29 is 8.78 Å². The van der Waals surface area contributed by atoms with E-state index in [9.17, 15) is 8.78 Å². The molecule has 0 aliphatic carbocycles. The summed E-state index contributed by atoms with van der Waals surface area (Å²) in [5, 5.41) is 0.0290. The van der Waals surface area contributed by atoms with E-state index in [1.54, 1.807) is 16.7 Å². The third-order valence-corrected chi connectivity index (χ3v) is 3.40. The molecule has 2 nitrogen and oxygen atoms in total. The zero-order chi connectivity index (χ0) is 13.6. The second-order valence-electron chi connectivity index (χ2n) is 4.03. The molecule has 0 saturated carbocycles. The van der Waals surface area contributed by atoms with Gasteiger partial charge in [-0.2, -0.15) is 0 Å². The molecule has 0 saturated heterocycles. The van der Waals surface area contributed by atoms with Crippen LogP contribution in [0.2, 0.25) is 5.02 Å². The summed E-state index contributed by atoms with van der Waals surface area (Å²) in [6.07, 6.45) is 0. The fraction of sp³-hybridized carbons (Fsp3) is 0. The molecule has 0 amide bonds. The molecule has 3 rings (SSSR count). The number of aromatic amines is 1. The van der Waals surface area contributed by atoms with Gasteiger partial charge < -0.3 is 4.98 Å². The summed E-state index contributed by atoms with van der Waals surface area (Å²) in [7, 11) is 0. The molecule has 0 unspecified atom stereocenters. The number of hydrogen-bond acceptors (Lipinski definition) is 1. The van der Waals surface area contributed by atoms with Gasteiger partial charge >= 0.3 is 0 Å². The van der Waals surface area contributed by atoms with Gasteiger partial charge in [0.05, 0.1) is 21.7 Å².